The minimum Gasteiger partial charge on any atom is -0.463 e. The Morgan fingerprint density at radius 2 is 0.684 bits per heavy atom. The second kappa shape index (κ2) is 30.4. The second-order valence-corrected chi connectivity index (χ2v) is 11.3. The van der Waals surface area contributed by atoms with Crippen LogP contribution >= 0.6 is 0 Å². The van der Waals surface area contributed by atoms with E-state index in [0.29, 0.717) is 12.8 Å². The van der Waals surface area contributed by atoms with Gasteiger partial charge in [-0.15, -0.1) is 0 Å². The van der Waals surface area contributed by atoms with E-state index in [2.05, 4.69) is 13.8 Å². The fourth-order valence-electron chi connectivity index (χ4n) is 4.79. The van der Waals surface area contributed by atoms with Crippen molar-refractivity contribution in [2.75, 3.05) is 13.2 Å². The monoisotopic (exact) mass is 540 g/mol. The van der Waals surface area contributed by atoms with E-state index in [1.807, 2.05) is 0 Å². The first-order valence-electron chi connectivity index (χ1n) is 16.6. The van der Waals surface area contributed by atoms with Gasteiger partial charge in [0, 0.05) is 12.8 Å². The molecule has 38 heavy (non-hydrogen) atoms. The molecule has 0 aliphatic rings. The van der Waals surface area contributed by atoms with Gasteiger partial charge < -0.3 is 14.6 Å². The maximum absolute atomic E-state index is 11.9. The van der Waals surface area contributed by atoms with E-state index in [1.54, 1.807) is 0 Å². The Hall–Kier alpha value is -1.10. The van der Waals surface area contributed by atoms with E-state index in [1.165, 1.54) is 122 Å². The third-order valence-electron chi connectivity index (χ3n) is 7.34. The Morgan fingerprint density at radius 3 is 0.947 bits per heavy atom. The molecule has 0 aliphatic heterocycles. The molecule has 0 saturated carbocycles. The lowest BCUT2D eigenvalue weighted by atomic mass is 10.0. The Morgan fingerprint density at radius 1 is 0.447 bits per heavy atom. The van der Waals surface area contributed by atoms with Crippen LogP contribution in [0, 0.1) is 0 Å². The molecule has 0 radical (unpaired) electrons. The first-order valence-corrected chi connectivity index (χ1v) is 16.6. The van der Waals surface area contributed by atoms with Crippen molar-refractivity contribution in [2.24, 2.45) is 0 Å². The van der Waals surface area contributed by atoms with Gasteiger partial charge in [-0.1, -0.05) is 155 Å². The number of ether oxygens (including phenoxy) is 2. The number of rotatable bonds is 30. The average Bonchev–Trinajstić information content (AvgIpc) is 2.91. The lowest BCUT2D eigenvalue weighted by Crippen LogP contribution is -2.25. The quantitative estimate of drug-likeness (QED) is 0.0725. The van der Waals surface area contributed by atoms with E-state index < -0.39 is 6.10 Å². The van der Waals surface area contributed by atoms with Gasteiger partial charge in [0.2, 0.25) is 0 Å². The van der Waals surface area contributed by atoms with Gasteiger partial charge in [0.05, 0.1) is 0 Å². The smallest absolute Gasteiger partial charge is 0.305 e. The topological polar surface area (TPSA) is 72.8 Å². The van der Waals surface area contributed by atoms with E-state index in [0.717, 1.165) is 32.1 Å². The van der Waals surface area contributed by atoms with Crippen molar-refractivity contribution in [3.63, 3.8) is 0 Å². The molecule has 0 unspecified atom stereocenters. The highest BCUT2D eigenvalue weighted by atomic mass is 16.6. The third kappa shape index (κ3) is 29.5. The molecule has 1 N–H and O–H groups in total. The summed E-state index contributed by atoms with van der Waals surface area (Å²) >= 11 is 0. The summed E-state index contributed by atoms with van der Waals surface area (Å²) in [6.07, 6.45) is 30.4. The Bertz CT molecular complexity index is 508. The van der Waals surface area contributed by atoms with Crippen LogP contribution in [0.5, 0.6) is 0 Å². The minimum atomic E-state index is -0.951. The van der Waals surface area contributed by atoms with Gasteiger partial charge in [0.1, 0.15) is 19.3 Å². The molecule has 226 valence electrons. The normalized spacial score (nSPS) is 12.0. The van der Waals surface area contributed by atoms with Crippen LogP contribution in [0.1, 0.15) is 181 Å². The van der Waals surface area contributed by atoms with Gasteiger partial charge in [0.25, 0.3) is 0 Å². The fourth-order valence-corrected chi connectivity index (χ4v) is 4.79. The molecule has 5 heteroatoms. The molecule has 0 bridgehead atoms. The zero-order valence-electron chi connectivity index (χ0n) is 25.5. The number of unbranched alkanes of at least 4 members (excludes halogenated alkanes) is 22. The summed E-state index contributed by atoms with van der Waals surface area (Å²) in [5.41, 5.74) is 0. The molecule has 0 aromatic heterocycles. The zero-order valence-corrected chi connectivity index (χ0v) is 25.5. The number of aliphatic hydroxyl groups is 1. The first kappa shape index (κ1) is 36.9. The molecule has 0 aromatic rings. The van der Waals surface area contributed by atoms with E-state index in [9.17, 15) is 14.7 Å². The summed E-state index contributed by atoms with van der Waals surface area (Å²) in [6, 6.07) is 0. The predicted octanol–water partition coefficient (Wildman–Crippen LogP) is 9.62. The standard InChI is InChI=1S/C33H64O5/c1-3-5-7-9-10-11-12-13-14-15-16-17-18-19-20-21-22-24-26-28-33(36)38-30-31(34)29-37-32(35)27-25-23-8-6-4-2/h31,34H,3-30H2,1-2H3/t31-/m0/s1. The highest BCUT2D eigenvalue weighted by molar-refractivity contribution is 5.69. The van der Waals surface area contributed by atoms with Crippen LogP contribution in [-0.2, 0) is 19.1 Å². The van der Waals surface area contributed by atoms with Crippen molar-refractivity contribution in [1.82, 2.24) is 0 Å². The molecule has 0 fully saturated rings. The van der Waals surface area contributed by atoms with Crippen molar-refractivity contribution in [3.05, 3.63) is 0 Å². The number of hydrogen-bond donors (Lipinski definition) is 1. The van der Waals surface area contributed by atoms with Crippen LogP contribution < -0.4 is 0 Å². The molecule has 0 heterocycles. The van der Waals surface area contributed by atoms with Gasteiger partial charge in [0.15, 0.2) is 0 Å². The SMILES string of the molecule is CCCCCCCCCCCCCCCCCCCCCC(=O)OC[C@@H](O)COC(=O)CCCCCCC. The van der Waals surface area contributed by atoms with Gasteiger partial charge in [-0.3, -0.25) is 9.59 Å². The second-order valence-electron chi connectivity index (χ2n) is 11.3. The largest absolute Gasteiger partial charge is 0.463 e. The van der Waals surface area contributed by atoms with Crippen molar-refractivity contribution < 1.29 is 24.2 Å². The fraction of sp³-hybridized carbons (Fsp3) is 0.939. The molecule has 0 spiro atoms. The molecule has 0 amide bonds. The highest BCUT2D eigenvalue weighted by Gasteiger charge is 2.12. The van der Waals surface area contributed by atoms with Crippen molar-refractivity contribution in [2.45, 2.75) is 187 Å². The summed E-state index contributed by atoms with van der Waals surface area (Å²) in [7, 11) is 0. The zero-order chi connectivity index (χ0) is 27.9. The Labute approximate surface area is 236 Å². The highest BCUT2D eigenvalue weighted by Crippen LogP contribution is 2.15. The Kier molecular flexibility index (Phi) is 29.6. The molecule has 5 nitrogen and oxygen atoms in total. The van der Waals surface area contributed by atoms with Crippen molar-refractivity contribution >= 4 is 11.9 Å². The van der Waals surface area contributed by atoms with Crippen LogP contribution in [0.25, 0.3) is 0 Å². The van der Waals surface area contributed by atoms with Crippen LogP contribution in [0.15, 0.2) is 0 Å². The van der Waals surface area contributed by atoms with Crippen LogP contribution in [-0.4, -0.2) is 36.4 Å². The van der Waals surface area contributed by atoms with E-state index >= 15 is 0 Å². The molecule has 0 saturated heterocycles. The van der Waals surface area contributed by atoms with Crippen molar-refractivity contribution in [3.8, 4) is 0 Å². The van der Waals surface area contributed by atoms with Gasteiger partial charge in [-0.05, 0) is 12.8 Å². The minimum absolute atomic E-state index is 0.109. The van der Waals surface area contributed by atoms with E-state index in [-0.39, 0.29) is 25.2 Å². The molecular formula is C33H64O5. The molecular weight excluding hydrogens is 476 g/mol. The summed E-state index contributed by atoms with van der Waals surface area (Å²) in [5.74, 6) is -0.570. The first-order chi connectivity index (χ1) is 18.6. The summed E-state index contributed by atoms with van der Waals surface area (Å²) in [4.78, 5) is 23.5. The maximum atomic E-state index is 11.9. The van der Waals surface area contributed by atoms with Crippen molar-refractivity contribution in [1.29, 1.82) is 0 Å². The average molecular weight is 541 g/mol. The third-order valence-corrected chi connectivity index (χ3v) is 7.34. The number of carbonyl (C=O) groups excluding carboxylic acids is 2. The maximum Gasteiger partial charge on any atom is 0.305 e. The number of hydrogen-bond acceptors (Lipinski definition) is 5. The lowest BCUT2D eigenvalue weighted by molar-refractivity contribution is -0.152. The molecule has 0 aliphatic carbocycles. The summed E-state index contributed by atoms with van der Waals surface area (Å²) in [5, 5.41) is 9.87. The Balaban J connectivity index is 3.32. The number of esters is 2. The van der Waals surface area contributed by atoms with Gasteiger partial charge >= 0.3 is 11.9 Å². The molecule has 0 aromatic carbocycles. The number of aliphatic hydroxyl groups excluding tert-OH is 1. The summed E-state index contributed by atoms with van der Waals surface area (Å²) in [6.45, 7) is 4.22. The van der Waals surface area contributed by atoms with Crippen LogP contribution in [0.3, 0.4) is 0 Å². The van der Waals surface area contributed by atoms with Crippen LogP contribution in [0.2, 0.25) is 0 Å². The molecule has 1 atom stereocenters. The van der Waals surface area contributed by atoms with Gasteiger partial charge in [-0.25, -0.2) is 0 Å². The predicted molar refractivity (Wildman–Crippen MR) is 159 cm³/mol. The van der Waals surface area contributed by atoms with E-state index in [4.69, 9.17) is 9.47 Å². The molecule has 0 rings (SSSR count). The summed E-state index contributed by atoms with van der Waals surface area (Å²) < 4.78 is 10.2. The van der Waals surface area contributed by atoms with Gasteiger partial charge in [-0.2, -0.15) is 0 Å². The number of carbonyl (C=O) groups is 2. The lowest BCUT2D eigenvalue weighted by Gasteiger charge is -2.12. The van der Waals surface area contributed by atoms with Crippen LogP contribution in [0.4, 0.5) is 0 Å².